The molecule has 0 atom stereocenters. The van der Waals surface area contributed by atoms with Gasteiger partial charge in [0.1, 0.15) is 11.6 Å². The van der Waals surface area contributed by atoms with E-state index >= 15 is 0 Å². The second kappa shape index (κ2) is 11.6. The highest BCUT2D eigenvalue weighted by atomic mass is 32.2. The number of nitrogens with zero attached hydrogens (tertiary/aromatic N) is 6. The molecule has 0 spiro atoms. The standard InChI is InChI=1S/C29H32N8O3S/c1-29(20-38)11-14-37(15-12-29)24-16-27(31-18-22(24)9-8-21-17-32-36(2)19-21)34-26-10-13-30-28(35-26)33-23-6-4-5-7-25(23)41(3,39)40/h4-7,10,13,16-19,38H,11-12,14-15,20H2,1-3H3,(H2,30,31,33,34,35). The van der Waals surface area contributed by atoms with E-state index in [0.717, 1.165) is 49.0 Å². The molecule has 0 aliphatic carbocycles. The third-order valence-corrected chi connectivity index (χ3v) is 8.22. The van der Waals surface area contributed by atoms with E-state index in [2.05, 4.69) is 54.3 Å². The summed E-state index contributed by atoms with van der Waals surface area (Å²) in [5.41, 5.74) is 2.84. The molecular formula is C29H32N8O3S. The van der Waals surface area contributed by atoms with Crippen LogP contribution in [0.5, 0.6) is 0 Å². The van der Waals surface area contributed by atoms with Gasteiger partial charge in [-0.15, -0.1) is 0 Å². The van der Waals surface area contributed by atoms with Gasteiger partial charge in [0, 0.05) is 57.7 Å². The van der Waals surface area contributed by atoms with E-state index in [0.29, 0.717) is 17.3 Å². The Labute approximate surface area is 239 Å². The number of pyridine rings is 1. The minimum Gasteiger partial charge on any atom is -0.396 e. The third kappa shape index (κ3) is 6.82. The summed E-state index contributed by atoms with van der Waals surface area (Å²) in [5.74, 6) is 7.72. The molecule has 1 aromatic carbocycles. The average Bonchev–Trinajstić information content (AvgIpc) is 3.37. The number of aryl methyl sites for hydroxylation is 1. The average molecular weight is 573 g/mol. The van der Waals surface area contributed by atoms with Crippen LogP contribution in [0.4, 0.5) is 29.0 Å². The molecule has 0 amide bonds. The fourth-order valence-electron chi connectivity index (χ4n) is 4.58. The third-order valence-electron chi connectivity index (χ3n) is 7.07. The number of hydrogen-bond donors (Lipinski definition) is 3. The molecule has 1 aliphatic rings. The van der Waals surface area contributed by atoms with Crippen LogP contribution in [0.25, 0.3) is 0 Å². The number of aliphatic hydroxyl groups excluding tert-OH is 1. The maximum Gasteiger partial charge on any atom is 0.229 e. The molecule has 5 rings (SSSR count). The van der Waals surface area contributed by atoms with Crippen molar-refractivity contribution in [1.82, 2.24) is 24.7 Å². The van der Waals surface area contributed by atoms with Gasteiger partial charge in [-0.2, -0.15) is 10.1 Å². The van der Waals surface area contributed by atoms with Crippen LogP contribution in [-0.2, 0) is 16.9 Å². The Morgan fingerprint density at radius 1 is 1.05 bits per heavy atom. The quantitative estimate of drug-likeness (QED) is 0.282. The van der Waals surface area contributed by atoms with Gasteiger partial charge in [0.2, 0.25) is 5.95 Å². The molecule has 11 nitrogen and oxygen atoms in total. The van der Waals surface area contributed by atoms with E-state index in [-0.39, 0.29) is 22.9 Å². The molecule has 1 aliphatic heterocycles. The lowest BCUT2D eigenvalue weighted by Crippen LogP contribution is -2.40. The first-order chi connectivity index (χ1) is 19.6. The summed E-state index contributed by atoms with van der Waals surface area (Å²) in [7, 11) is -1.59. The van der Waals surface area contributed by atoms with E-state index < -0.39 is 9.84 Å². The Balaban J connectivity index is 1.41. The molecule has 0 radical (unpaired) electrons. The van der Waals surface area contributed by atoms with Crippen molar-refractivity contribution in [1.29, 1.82) is 0 Å². The Morgan fingerprint density at radius 2 is 1.83 bits per heavy atom. The highest BCUT2D eigenvalue weighted by Gasteiger charge is 2.30. The van der Waals surface area contributed by atoms with E-state index in [4.69, 9.17) is 0 Å². The molecule has 0 unspecified atom stereocenters. The van der Waals surface area contributed by atoms with Crippen molar-refractivity contribution in [3.63, 3.8) is 0 Å². The highest BCUT2D eigenvalue weighted by Crippen LogP contribution is 2.34. The Hall–Kier alpha value is -4.47. The molecule has 212 valence electrons. The van der Waals surface area contributed by atoms with Gasteiger partial charge in [-0.05, 0) is 36.5 Å². The van der Waals surface area contributed by atoms with E-state index in [1.165, 1.54) is 6.07 Å². The van der Waals surface area contributed by atoms with Crippen molar-refractivity contribution >= 4 is 38.8 Å². The molecule has 12 heteroatoms. The number of rotatable bonds is 7. The number of sulfone groups is 1. The van der Waals surface area contributed by atoms with Crippen LogP contribution in [0, 0.1) is 17.3 Å². The topological polar surface area (TPSA) is 138 Å². The fraction of sp³-hybridized carbons (Fsp3) is 0.310. The number of benzene rings is 1. The predicted octanol–water partition coefficient (Wildman–Crippen LogP) is 3.49. The van der Waals surface area contributed by atoms with Crippen molar-refractivity contribution in [2.75, 3.05) is 41.5 Å². The number of anilines is 5. The molecule has 0 bridgehead atoms. The fourth-order valence-corrected chi connectivity index (χ4v) is 5.42. The molecule has 4 aromatic rings. The molecule has 1 fully saturated rings. The van der Waals surface area contributed by atoms with Crippen LogP contribution in [-0.4, -0.2) is 64.2 Å². The minimum atomic E-state index is -3.44. The monoisotopic (exact) mass is 572 g/mol. The van der Waals surface area contributed by atoms with Crippen LogP contribution < -0.4 is 15.5 Å². The summed E-state index contributed by atoms with van der Waals surface area (Å²) in [5, 5.41) is 20.3. The van der Waals surface area contributed by atoms with Gasteiger partial charge in [-0.25, -0.2) is 18.4 Å². The summed E-state index contributed by atoms with van der Waals surface area (Å²) < 4.78 is 26.1. The molecule has 1 saturated heterocycles. The Kier molecular flexibility index (Phi) is 7.92. The summed E-state index contributed by atoms with van der Waals surface area (Å²) >= 11 is 0. The molecule has 3 aromatic heterocycles. The summed E-state index contributed by atoms with van der Waals surface area (Å²) in [6, 6.07) is 10.3. The maximum absolute atomic E-state index is 12.2. The number of aliphatic hydroxyl groups is 1. The van der Waals surface area contributed by atoms with Gasteiger partial charge in [-0.1, -0.05) is 30.9 Å². The zero-order valence-electron chi connectivity index (χ0n) is 23.2. The van der Waals surface area contributed by atoms with Crippen LogP contribution in [0.15, 0.2) is 66.1 Å². The molecule has 0 saturated carbocycles. The van der Waals surface area contributed by atoms with Gasteiger partial charge in [0.25, 0.3) is 0 Å². The van der Waals surface area contributed by atoms with Crippen molar-refractivity contribution in [3.8, 4) is 11.8 Å². The number of hydrogen-bond acceptors (Lipinski definition) is 10. The van der Waals surface area contributed by atoms with E-state index in [9.17, 15) is 13.5 Å². The van der Waals surface area contributed by atoms with Gasteiger partial charge in [-0.3, -0.25) is 4.68 Å². The van der Waals surface area contributed by atoms with Gasteiger partial charge >= 0.3 is 0 Å². The van der Waals surface area contributed by atoms with E-state index in [1.807, 2.05) is 19.3 Å². The van der Waals surface area contributed by atoms with Crippen LogP contribution in [0.1, 0.15) is 30.9 Å². The second-order valence-electron chi connectivity index (χ2n) is 10.5. The largest absolute Gasteiger partial charge is 0.396 e. The second-order valence-corrected chi connectivity index (χ2v) is 12.5. The first kappa shape index (κ1) is 28.1. The molecular weight excluding hydrogens is 540 g/mol. The van der Waals surface area contributed by atoms with Gasteiger partial charge in [0.05, 0.1) is 33.6 Å². The maximum atomic E-state index is 12.2. The van der Waals surface area contributed by atoms with E-state index in [1.54, 1.807) is 47.5 Å². The minimum absolute atomic E-state index is 0.0910. The summed E-state index contributed by atoms with van der Waals surface area (Å²) in [4.78, 5) is 15.8. The Morgan fingerprint density at radius 3 is 2.54 bits per heavy atom. The molecule has 4 heterocycles. The van der Waals surface area contributed by atoms with Crippen LogP contribution >= 0.6 is 0 Å². The first-order valence-corrected chi connectivity index (χ1v) is 15.0. The number of para-hydroxylation sites is 1. The van der Waals surface area contributed by atoms with Crippen LogP contribution in [0.3, 0.4) is 0 Å². The van der Waals surface area contributed by atoms with Crippen molar-refractivity contribution < 1.29 is 13.5 Å². The number of aromatic nitrogens is 5. The lowest BCUT2D eigenvalue weighted by Gasteiger charge is -2.39. The van der Waals surface area contributed by atoms with Crippen LogP contribution in [0.2, 0.25) is 0 Å². The van der Waals surface area contributed by atoms with Crippen molar-refractivity contribution in [2.24, 2.45) is 12.5 Å². The zero-order valence-corrected chi connectivity index (χ0v) is 24.0. The summed E-state index contributed by atoms with van der Waals surface area (Å²) in [6.45, 7) is 3.84. The van der Waals surface area contributed by atoms with Gasteiger partial charge in [0.15, 0.2) is 9.84 Å². The molecule has 3 N–H and O–H groups in total. The predicted molar refractivity (Wildman–Crippen MR) is 158 cm³/mol. The first-order valence-electron chi connectivity index (χ1n) is 13.1. The number of nitrogens with one attached hydrogen (secondary N) is 2. The van der Waals surface area contributed by atoms with Crippen molar-refractivity contribution in [3.05, 3.63) is 72.3 Å². The highest BCUT2D eigenvalue weighted by molar-refractivity contribution is 7.90. The normalized spacial score (nSPS) is 14.7. The van der Waals surface area contributed by atoms with Gasteiger partial charge < -0.3 is 20.6 Å². The number of piperidine rings is 1. The SMILES string of the molecule is Cn1cc(C#Cc2cnc(Nc3ccnc(Nc4ccccc4S(C)(=O)=O)n3)cc2N2CCC(C)(CO)CC2)cn1. The smallest absolute Gasteiger partial charge is 0.229 e. The Bertz CT molecular complexity index is 1720. The summed E-state index contributed by atoms with van der Waals surface area (Å²) in [6.07, 6.45) is 9.78. The lowest BCUT2D eigenvalue weighted by molar-refractivity contribution is 0.115. The van der Waals surface area contributed by atoms with Crippen molar-refractivity contribution in [2.45, 2.75) is 24.7 Å². The molecule has 41 heavy (non-hydrogen) atoms. The lowest BCUT2D eigenvalue weighted by atomic mass is 9.81. The zero-order chi connectivity index (χ0) is 29.0.